The zero-order valence-corrected chi connectivity index (χ0v) is 19.2. The summed E-state index contributed by atoms with van der Waals surface area (Å²) in [6.45, 7) is 0. The third-order valence-electron chi connectivity index (χ3n) is 5.89. The monoisotopic (exact) mass is 474 g/mol. The summed E-state index contributed by atoms with van der Waals surface area (Å²) >= 11 is 1.31. The number of thioether (sulfide) groups is 1. The van der Waals surface area contributed by atoms with Crippen LogP contribution in [0.15, 0.2) is 83.8 Å². The van der Waals surface area contributed by atoms with Gasteiger partial charge in [0.15, 0.2) is 4.87 Å². The zero-order chi connectivity index (χ0) is 23.7. The van der Waals surface area contributed by atoms with E-state index in [-0.39, 0.29) is 12.3 Å². The Morgan fingerprint density at radius 2 is 1.79 bits per heavy atom. The first-order valence-corrected chi connectivity index (χ1v) is 11.7. The molecule has 0 saturated carbocycles. The largest absolute Gasteiger partial charge is 0.497 e. The van der Waals surface area contributed by atoms with Gasteiger partial charge in [-0.3, -0.25) is 14.5 Å². The molecule has 2 heterocycles. The number of esters is 1. The van der Waals surface area contributed by atoms with Crippen molar-refractivity contribution < 1.29 is 23.9 Å². The van der Waals surface area contributed by atoms with Crippen LogP contribution < -0.4 is 15.0 Å². The molecule has 2 aliphatic rings. The van der Waals surface area contributed by atoms with Gasteiger partial charge in [-0.05, 0) is 24.3 Å². The van der Waals surface area contributed by atoms with Gasteiger partial charge < -0.3 is 14.8 Å². The minimum Gasteiger partial charge on any atom is -0.497 e. The van der Waals surface area contributed by atoms with Gasteiger partial charge in [0.05, 0.1) is 12.8 Å². The first-order chi connectivity index (χ1) is 16.5. The summed E-state index contributed by atoms with van der Waals surface area (Å²) in [7, 11) is 1.54. The number of carbonyl (C=O) groups excluding carboxylic acids is 3. The molecule has 2 amide bonds. The molecule has 2 atom stereocenters. The van der Waals surface area contributed by atoms with E-state index < -0.39 is 22.9 Å². The first kappa shape index (κ1) is 22.0. The number of amides is 2. The van der Waals surface area contributed by atoms with Gasteiger partial charge in [0.25, 0.3) is 5.91 Å². The van der Waals surface area contributed by atoms with Crippen LogP contribution in [0, 0.1) is 0 Å². The summed E-state index contributed by atoms with van der Waals surface area (Å²) in [6.07, 6.45) is -0.651. The summed E-state index contributed by atoms with van der Waals surface area (Å²) in [5, 5.41) is 2.81. The number of rotatable bonds is 6. The molecule has 0 radical (unpaired) electrons. The SMILES string of the molecule is COc1cccc(NC(=O)[C@@H](OC(=O)[C@]23CCC(=O)N2c2ccccc2S3)c2ccccc2)c1. The summed E-state index contributed by atoms with van der Waals surface area (Å²) in [5.74, 6) is -0.661. The predicted molar refractivity (Wildman–Crippen MR) is 129 cm³/mol. The van der Waals surface area contributed by atoms with Gasteiger partial charge in [0.1, 0.15) is 5.75 Å². The van der Waals surface area contributed by atoms with Crippen LogP contribution in [0.3, 0.4) is 0 Å². The number of anilines is 2. The number of nitrogens with one attached hydrogen (secondary N) is 1. The predicted octanol–water partition coefficient (Wildman–Crippen LogP) is 4.55. The Hall–Kier alpha value is -3.78. The van der Waals surface area contributed by atoms with Crippen molar-refractivity contribution in [3.05, 3.63) is 84.4 Å². The number of fused-ring (bicyclic) bond motifs is 3. The minimum absolute atomic E-state index is 0.133. The molecule has 0 unspecified atom stereocenters. The molecule has 3 aromatic carbocycles. The number of hydrogen-bond donors (Lipinski definition) is 1. The van der Waals surface area contributed by atoms with Crippen LogP contribution in [-0.4, -0.2) is 29.8 Å². The molecule has 0 aromatic heterocycles. The van der Waals surface area contributed by atoms with Gasteiger partial charge >= 0.3 is 5.97 Å². The molecule has 0 aliphatic carbocycles. The molecule has 2 aliphatic heterocycles. The standard InChI is InChI=1S/C26H22N2O5S/c1-32-19-11-7-10-18(16-19)27-24(30)23(17-8-3-2-4-9-17)33-25(31)26-15-14-22(29)28(26)20-12-5-6-13-21(20)34-26/h2-13,16,23H,14-15H2,1H3,(H,27,30)/t23-,26+/m0/s1. The number of ether oxygens (including phenoxy) is 2. The van der Waals surface area contributed by atoms with Crippen molar-refractivity contribution in [2.45, 2.75) is 28.7 Å². The highest BCUT2D eigenvalue weighted by atomic mass is 32.2. The van der Waals surface area contributed by atoms with Crippen molar-refractivity contribution in [3.63, 3.8) is 0 Å². The second kappa shape index (κ2) is 8.87. The van der Waals surface area contributed by atoms with Crippen molar-refractivity contribution in [1.29, 1.82) is 0 Å². The molecular formula is C26H22N2O5S. The summed E-state index contributed by atoms with van der Waals surface area (Å²) in [5.41, 5.74) is 1.74. The first-order valence-electron chi connectivity index (χ1n) is 10.8. The average molecular weight is 475 g/mol. The molecule has 172 valence electrons. The highest BCUT2D eigenvalue weighted by molar-refractivity contribution is 8.02. The van der Waals surface area contributed by atoms with E-state index in [9.17, 15) is 14.4 Å². The van der Waals surface area contributed by atoms with Crippen LogP contribution in [0.5, 0.6) is 5.75 Å². The topological polar surface area (TPSA) is 84.9 Å². The highest BCUT2D eigenvalue weighted by Crippen LogP contribution is 2.56. The van der Waals surface area contributed by atoms with Crippen molar-refractivity contribution in [3.8, 4) is 5.75 Å². The van der Waals surface area contributed by atoms with E-state index in [4.69, 9.17) is 9.47 Å². The molecule has 34 heavy (non-hydrogen) atoms. The third-order valence-corrected chi connectivity index (χ3v) is 7.35. The Balaban J connectivity index is 1.44. The zero-order valence-electron chi connectivity index (χ0n) is 18.4. The number of para-hydroxylation sites is 1. The van der Waals surface area contributed by atoms with Crippen LogP contribution in [0.4, 0.5) is 11.4 Å². The van der Waals surface area contributed by atoms with Crippen LogP contribution in [0.25, 0.3) is 0 Å². The lowest BCUT2D eigenvalue weighted by molar-refractivity contribution is -0.157. The molecule has 7 nitrogen and oxygen atoms in total. The molecular weight excluding hydrogens is 452 g/mol. The van der Waals surface area contributed by atoms with Crippen molar-refractivity contribution in [1.82, 2.24) is 0 Å². The lowest BCUT2D eigenvalue weighted by Crippen LogP contribution is -2.48. The molecule has 0 bridgehead atoms. The van der Waals surface area contributed by atoms with E-state index in [1.807, 2.05) is 30.3 Å². The van der Waals surface area contributed by atoms with E-state index in [1.54, 1.807) is 55.6 Å². The normalized spacial score (nSPS) is 19.2. The van der Waals surface area contributed by atoms with Crippen LogP contribution >= 0.6 is 11.8 Å². The average Bonchev–Trinajstić information content (AvgIpc) is 3.38. The van der Waals surface area contributed by atoms with Crippen molar-refractivity contribution in [2.75, 3.05) is 17.3 Å². The summed E-state index contributed by atoms with van der Waals surface area (Å²) in [4.78, 5) is 40.9. The maximum atomic E-state index is 13.7. The van der Waals surface area contributed by atoms with E-state index in [1.165, 1.54) is 16.7 Å². The molecule has 1 fully saturated rings. The minimum atomic E-state index is -1.22. The number of carbonyl (C=O) groups is 3. The lowest BCUT2D eigenvalue weighted by Gasteiger charge is -2.30. The fraction of sp³-hybridized carbons (Fsp3) is 0.192. The van der Waals surface area contributed by atoms with Gasteiger partial charge in [0, 0.05) is 35.1 Å². The maximum Gasteiger partial charge on any atom is 0.344 e. The van der Waals surface area contributed by atoms with Gasteiger partial charge in [-0.15, -0.1) is 0 Å². The summed E-state index contributed by atoms with van der Waals surface area (Å²) < 4.78 is 11.1. The van der Waals surface area contributed by atoms with E-state index >= 15 is 0 Å². The van der Waals surface area contributed by atoms with Gasteiger partial charge in [-0.1, -0.05) is 60.3 Å². The van der Waals surface area contributed by atoms with Crippen LogP contribution in [0.1, 0.15) is 24.5 Å². The highest BCUT2D eigenvalue weighted by Gasteiger charge is 2.59. The lowest BCUT2D eigenvalue weighted by atomic mass is 10.1. The second-order valence-electron chi connectivity index (χ2n) is 8.00. The molecule has 1 saturated heterocycles. The van der Waals surface area contributed by atoms with E-state index in [0.29, 0.717) is 29.1 Å². The quantitative estimate of drug-likeness (QED) is 0.528. The number of methoxy groups -OCH3 is 1. The van der Waals surface area contributed by atoms with E-state index in [0.717, 1.165) is 4.90 Å². The molecule has 0 spiro atoms. The molecule has 3 aromatic rings. The number of nitrogens with zero attached hydrogens (tertiary/aromatic N) is 1. The fourth-order valence-corrected chi connectivity index (χ4v) is 5.68. The van der Waals surface area contributed by atoms with Gasteiger partial charge in [-0.25, -0.2) is 4.79 Å². The summed E-state index contributed by atoms with van der Waals surface area (Å²) in [6, 6.07) is 23.2. The molecule has 1 N–H and O–H groups in total. The Kier molecular flexibility index (Phi) is 5.75. The maximum absolute atomic E-state index is 13.7. The van der Waals surface area contributed by atoms with Crippen LogP contribution in [-0.2, 0) is 19.1 Å². The molecule has 8 heteroatoms. The Morgan fingerprint density at radius 3 is 2.59 bits per heavy atom. The smallest absolute Gasteiger partial charge is 0.344 e. The van der Waals surface area contributed by atoms with E-state index in [2.05, 4.69) is 5.32 Å². The number of benzene rings is 3. The van der Waals surface area contributed by atoms with Crippen molar-refractivity contribution >= 4 is 40.9 Å². The Bertz CT molecular complexity index is 1260. The molecule has 5 rings (SSSR count). The van der Waals surface area contributed by atoms with Gasteiger partial charge in [0.2, 0.25) is 12.0 Å². The third kappa shape index (κ3) is 3.80. The fourth-order valence-electron chi connectivity index (χ4n) is 4.28. The van der Waals surface area contributed by atoms with Gasteiger partial charge in [-0.2, -0.15) is 0 Å². The number of hydrogen-bond acceptors (Lipinski definition) is 6. The Labute approximate surface area is 201 Å². The second-order valence-corrected chi connectivity index (χ2v) is 9.32. The van der Waals surface area contributed by atoms with Crippen LogP contribution in [0.2, 0.25) is 0 Å². The Morgan fingerprint density at radius 1 is 1.03 bits per heavy atom. The van der Waals surface area contributed by atoms with Crippen molar-refractivity contribution in [2.24, 2.45) is 0 Å².